The fraction of sp³-hybridized carbons (Fsp3) is 0.318. The second kappa shape index (κ2) is 10.6. The van der Waals surface area contributed by atoms with Gasteiger partial charge in [0.25, 0.3) is 5.91 Å². The molecule has 0 bridgehead atoms. The smallest absolute Gasteiger partial charge is 0.341 e. The second-order valence-corrected chi connectivity index (χ2v) is 7.75. The molecular formula is C22H25NO5S. The maximum Gasteiger partial charge on any atom is 0.341 e. The van der Waals surface area contributed by atoms with E-state index in [2.05, 4.69) is 5.32 Å². The summed E-state index contributed by atoms with van der Waals surface area (Å²) in [6, 6.07) is 9.36. The summed E-state index contributed by atoms with van der Waals surface area (Å²) in [5.74, 6) is -1.45. The fourth-order valence-electron chi connectivity index (χ4n) is 2.34. The Morgan fingerprint density at radius 1 is 1.14 bits per heavy atom. The molecule has 0 saturated heterocycles. The second-order valence-electron chi connectivity index (χ2n) is 6.67. The maximum atomic E-state index is 12.2. The summed E-state index contributed by atoms with van der Waals surface area (Å²) in [5, 5.41) is 3.03. The Labute approximate surface area is 174 Å². The zero-order valence-corrected chi connectivity index (χ0v) is 17.8. The molecule has 0 aliphatic rings. The SMILES string of the molecule is CCOC(=O)c1cc(C(C)C)sc1NC(=O)COC(=O)/C=C/c1ccc(C)cc1. The van der Waals surface area contributed by atoms with Crippen molar-refractivity contribution in [3.63, 3.8) is 0 Å². The summed E-state index contributed by atoms with van der Waals surface area (Å²) in [5.41, 5.74) is 2.29. The highest BCUT2D eigenvalue weighted by molar-refractivity contribution is 7.16. The van der Waals surface area contributed by atoms with Gasteiger partial charge in [-0.3, -0.25) is 4.79 Å². The Morgan fingerprint density at radius 2 is 1.83 bits per heavy atom. The minimum Gasteiger partial charge on any atom is -0.462 e. The number of carbonyl (C=O) groups excluding carboxylic acids is 3. The molecule has 154 valence electrons. The molecule has 1 amide bonds. The lowest BCUT2D eigenvalue weighted by Gasteiger charge is -2.06. The molecule has 0 unspecified atom stereocenters. The molecule has 7 heteroatoms. The van der Waals surface area contributed by atoms with Crippen LogP contribution in [0.2, 0.25) is 0 Å². The van der Waals surface area contributed by atoms with Gasteiger partial charge in [0, 0.05) is 11.0 Å². The molecule has 1 heterocycles. The number of ether oxygens (including phenoxy) is 2. The summed E-state index contributed by atoms with van der Waals surface area (Å²) >= 11 is 1.31. The van der Waals surface area contributed by atoms with Crippen molar-refractivity contribution in [2.45, 2.75) is 33.6 Å². The molecule has 2 rings (SSSR count). The minimum atomic E-state index is -0.625. The first-order valence-electron chi connectivity index (χ1n) is 9.32. The van der Waals surface area contributed by atoms with Gasteiger partial charge in [0.1, 0.15) is 5.00 Å². The van der Waals surface area contributed by atoms with E-state index in [4.69, 9.17) is 9.47 Å². The van der Waals surface area contributed by atoms with Gasteiger partial charge in [-0.05, 0) is 37.5 Å². The first kappa shape index (κ1) is 22.4. The third kappa shape index (κ3) is 6.87. The van der Waals surface area contributed by atoms with Gasteiger partial charge in [-0.15, -0.1) is 11.3 Å². The molecular weight excluding hydrogens is 390 g/mol. The van der Waals surface area contributed by atoms with Crippen molar-refractivity contribution in [2.75, 3.05) is 18.5 Å². The van der Waals surface area contributed by atoms with E-state index < -0.39 is 24.5 Å². The lowest BCUT2D eigenvalue weighted by Crippen LogP contribution is -2.20. The lowest BCUT2D eigenvalue weighted by molar-refractivity contribution is -0.142. The number of benzene rings is 1. The Kier molecular flexibility index (Phi) is 8.15. The van der Waals surface area contributed by atoms with Gasteiger partial charge in [-0.25, -0.2) is 9.59 Å². The normalized spacial score (nSPS) is 10.9. The molecule has 2 aromatic rings. The first-order valence-corrected chi connectivity index (χ1v) is 10.1. The van der Waals surface area contributed by atoms with Crippen molar-refractivity contribution in [3.05, 3.63) is 58.0 Å². The highest BCUT2D eigenvalue weighted by Crippen LogP contribution is 2.33. The largest absolute Gasteiger partial charge is 0.462 e. The lowest BCUT2D eigenvalue weighted by atomic mass is 10.1. The van der Waals surface area contributed by atoms with Crippen molar-refractivity contribution in [3.8, 4) is 0 Å². The molecule has 29 heavy (non-hydrogen) atoms. The van der Waals surface area contributed by atoms with Crippen molar-refractivity contribution in [1.82, 2.24) is 0 Å². The number of amides is 1. The summed E-state index contributed by atoms with van der Waals surface area (Å²) in [6.07, 6.45) is 2.89. The van der Waals surface area contributed by atoms with Crippen LogP contribution in [0.25, 0.3) is 6.08 Å². The summed E-state index contributed by atoms with van der Waals surface area (Å²) < 4.78 is 10.0. The van der Waals surface area contributed by atoms with Crippen LogP contribution in [-0.2, 0) is 19.1 Å². The van der Waals surface area contributed by atoms with Gasteiger partial charge in [0.15, 0.2) is 6.61 Å². The van der Waals surface area contributed by atoms with Crippen molar-refractivity contribution in [2.24, 2.45) is 0 Å². The molecule has 0 aliphatic heterocycles. The Hall–Kier alpha value is -2.93. The number of nitrogens with one attached hydrogen (secondary N) is 1. The van der Waals surface area contributed by atoms with E-state index in [1.54, 1.807) is 19.1 Å². The molecule has 6 nitrogen and oxygen atoms in total. The number of aryl methyl sites for hydroxylation is 1. The Balaban J connectivity index is 1.95. The zero-order chi connectivity index (χ0) is 21.4. The van der Waals surface area contributed by atoms with Crippen molar-refractivity contribution in [1.29, 1.82) is 0 Å². The van der Waals surface area contributed by atoms with Crippen LogP contribution < -0.4 is 5.32 Å². The van der Waals surface area contributed by atoms with Gasteiger partial charge in [0.2, 0.25) is 0 Å². The summed E-state index contributed by atoms with van der Waals surface area (Å²) in [4.78, 5) is 37.1. The van der Waals surface area contributed by atoms with Crippen molar-refractivity contribution >= 4 is 40.3 Å². The van der Waals surface area contributed by atoms with Crippen LogP contribution in [0.5, 0.6) is 0 Å². The fourth-order valence-corrected chi connectivity index (χ4v) is 3.40. The van der Waals surface area contributed by atoms with E-state index in [-0.39, 0.29) is 12.5 Å². The molecule has 0 saturated carbocycles. The minimum absolute atomic E-state index is 0.198. The highest BCUT2D eigenvalue weighted by atomic mass is 32.1. The molecule has 0 spiro atoms. The number of thiophene rings is 1. The average Bonchev–Trinajstić information content (AvgIpc) is 3.10. The standard InChI is InChI=1S/C22H25NO5S/c1-5-27-22(26)17-12-18(14(2)3)29-21(17)23-19(24)13-28-20(25)11-10-16-8-6-15(4)7-9-16/h6-12,14H,5,13H2,1-4H3,(H,23,24)/b11-10+. The van der Waals surface area contributed by atoms with E-state index in [1.807, 2.05) is 45.0 Å². The van der Waals surface area contributed by atoms with Gasteiger partial charge in [0.05, 0.1) is 12.2 Å². The Bertz CT molecular complexity index is 896. The van der Waals surface area contributed by atoms with Crippen LogP contribution in [-0.4, -0.2) is 31.1 Å². The molecule has 0 aliphatic carbocycles. The monoisotopic (exact) mass is 415 g/mol. The molecule has 0 radical (unpaired) electrons. The number of anilines is 1. The van der Waals surface area contributed by atoms with Crippen molar-refractivity contribution < 1.29 is 23.9 Å². The van der Waals surface area contributed by atoms with E-state index in [9.17, 15) is 14.4 Å². The summed E-state index contributed by atoms with van der Waals surface area (Å²) in [6.45, 7) is 7.47. The Morgan fingerprint density at radius 3 is 2.45 bits per heavy atom. The zero-order valence-electron chi connectivity index (χ0n) is 17.0. The van der Waals surface area contributed by atoms with E-state index in [1.165, 1.54) is 17.4 Å². The van der Waals surface area contributed by atoms with E-state index in [0.29, 0.717) is 10.6 Å². The number of esters is 2. The van der Waals surface area contributed by atoms with Crippen LogP contribution in [0.4, 0.5) is 5.00 Å². The molecule has 0 atom stereocenters. The maximum absolute atomic E-state index is 12.2. The average molecular weight is 416 g/mol. The molecule has 1 aromatic carbocycles. The van der Waals surface area contributed by atoms with E-state index in [0.717, 1.165) is 16.0 Å². The van der Waals surface area contributed by atoms with Gasteiger partial charge < -0.3 is 14.8 Å². The topological polar surface area (TPSA) is 81.7 Å². The van der Waals surface area contributed by atoms with Crippen LogP contribution in [0, 0.1) is 6.92 Å². The number of hydrogen-bond acceptors (Lipinski definition) is 6. The summed E-state index contributed by atoms with van der Waals surface area (Å²) in [7, 11) is 0. The van der Waals surface area contributed by atoms with Gasteiger partial charge in [-0.2, -0.15) is 0 Å². The predicted octanol–water partition coefficient (Wildman–Crippen LogP) is 4.55. The molecule has 0 fully saturated rings. The van der Waals surface area contributed by atoms with Gasteiger partial charge >= 0.3 is 11.9 Å². The number of rotatable bonds is 8. The third-order valence-electron chi connectivity index (χ3n) is 3.90. The molecule has 1 N–H and O–H groups in total. The quantitative estimate of drug-likeness (QED) is 0.505. The van der Waals surface area contributed by atoms with Gasteiger partial charge in [-0.1, -0.05) is 43.7 Å². The molecule has 1 aromatic heterocycles. The van der Waals surface area contributed by atoms with Crippen LogP contribution in [0.3, 0.4) is 0 Å². The third-order valence-corrected chi connectivity index (χ3v) is 5.25. The number of carbonyl (C=O) groups is 3. The predicted molar refractivity (Wildman–Crippen MR) is 114 cm³/mol. The first-order chi connectivity index (χ1) is 13.8. The van der Waals surface area contributed by atoms with E-state index >= 15 is 0 Å². The highest BCUT2D eigenvalue weighted by Gasteiger charge is 2.20. The van der Waals surface area contributed by atoms with Crippen LogP contribution in [0.1, 0.15) is 53.1 Å². The number of hydrogen-bond donors (Lipinski definition) is 1. The van der Waals surface area contributed by atoms with Crippen LogP contribution >= 0.6 is 11.3 Å². The van der Waals surface area contributed by atoms with Crippen LogP contribution in [0.15, 0.2) is 36.4 Å².